The number of carbonyl (C=O) groups is 1. The first kappa shape index (κ1) is 18.2. The normalized spacial score (nSPS) is 18.8. The van der Waals surface area contributed by atoms with Crippen LogP contribution in [-0.2, 0) is 4.79 Å². The van der Waals surface area contributed by atoms with Gasteiger partial charge in [0.1, 0.15) is 0 Å². The molecule has 1 aliphatic heterocycles. The number of carbonyl (C=O) groups excluding carboxylic acids is 1. The van der Waals surface area contributed by atoms with Gasteiger partial charge in [0.15, 0.2) is 0 Å². The second-order valence-corrected chi connectivity index (χ2v) is 6.25. The van der Waals surface area contributed by atoms with Crippen molar-refractivity contribution in [3.8, 4) is 0 Å². The predicted molar refractivity (Wildman–Crippen MR) is 89.4 cm³/mol. The van der Waals surface area contributed by atoms with Gasteiger partial charge in [0.25, 0.3) is 0 Å². The van der Waals surface area contributed by atoms with Gasteiger partial charge in [-0.25, -0.2) is 0 Å². The smallest absolute Gasteiger partial charge is 0.237 e. The number of rotatable bonds is 9. The van der Waals surface area contributed by atoms with Crippen molar-refractivity contribution in [1.29, 1.82) is 0 Å². The third kappa shape index (κ3) is 7.09. The SMILES string of the molecule is C=C(C)CN(CC)C(=O)CN(CCC)CC1CCCCN1. The minimum atomic E-state index is 0.227. The monoisotopic (exact) mass is 295 g/mol. The molecule has 0 aromatic heterocycles. The van der Waals surface area contributed by atoms with Crippen molar-refractivity contribution in [1.82, 2.24) is 15.1 Å². The van der Waals surface area contributed by atoms with Crippen LogP contribution in [0.2, 0.25) is 0 Å². The molecule has 1 fully saturated rings. The molecule has 4 heteroatoms. The Hall–Kier alpha value is -0.870. The van der Waals surface area contributed by atoms with E-state index in [9.17, 15) is 4.79 Å². The van der Waals surface area contributed by atoms with E-state index in [4.69, 9.17) is 0 Å². The lowest BCUT2D eigenvalue weighted by molar-refractivity contribution is -0.131. The van der Waals surface area contributed by atoms with Crippen LogP contribution in [0.4, 0.5) is 0 Å². The Bertz CT molecular complexity index is 324. The van der Waals surface area contributed by atoms with Crippen molar-refractivity contribution in [2.24, 2.45) is 0 Å². The molecule has 0 spiro atoms. The number of nitrogens with one attached hydrogen (secondary N) is 1. The van der Waals surface area contributed by atoms with Gasteiger partial charge in [-0.05, 0) is 46.2 Å². The summed E-state index contributed by atoms with van der Waals surface area (Å²) in [6.45, 7) is 15.2. The van der Waals surface area contributed by atoms with Crippen LogP contribution < -0.4 is 5.32 Å². The van der Waals surface area contributed by atoms with Crippen molar-refractivity contribution in [2.45, 2.75) is 52.5 Å². The molecule has 0 aromatic rings. The lowest BCUT2D eigenvalue weighted by Gasteiger charge is -2.31. The summed E-state index contributed by atoms with van der Waals surface area (Å²) in [6.07, 6.45) is 4.91. The zero-order chi connectivity index (χ0) is 15.7. The average molecular weight is 295 g/mol. The van der Waals surface area contributed by atoms with E-state index in [-0.39, 0.29) is 5.91 Å². The summed E-state index contributed by atoms with van der Waals surface area (Å²) >= 11 is 0. The highest BCUT2D eigenvalue weighted by molar-refractivity contribution is 5.78. The van der Waals surface area contributed by atoms with Gasteiger partial charge in [0.05, 0.1) is 6.54 Å². The molecule has 0 aliphatic carbocycles. The molecule has 1 unspecified atom stereocenters. The van der Waals surface area contributed by atoms with E-state index >= 15 is 0 Å². The molecule has 0 aromatic carbocycles. The largest absolute Gasteiger partial charge is 0.338 e. The third-order valence-corrected chi connectivity index (χ3v) is 3.98. The van der Waals surface area contributed by atoms with Crippen molar-refractivity contribution >= 4 is 5.91 Å². The molecular formula is C17H33N3O. The molecule has 21 heavy (non-hydrogen) atoms. The first-order valence-corrected chi connectivity index (χ1v) is 8.44. The van der Waals surface area contributed by atoms with E-state index in [1.165, 1.54) is 19.3 Å². The highest BCUT2D eigenvalue weighted by atomic mass is 16.2. The molecule has 0 radical (unpaired) electrons. The maximum atomic E-state index is 12.5. The van der Waals surface area contributed by atoms with Crippen LogP contribution in [0.3, 0.4) is 0 Å². The van der Waals surface area contributed by atoms with Crippen molar-refractivity contribution in [2.75, 3.05) is 39.3 Å². The number of hydrogen-bond acceptors (Lipinski definition) is 3. The maximum absolute atomic E-state index is 12.5. The van der Waals surface area contributed by atoms with Crippen LogP contribution in [0, 0.1) is 0 Å². The van der Waals surface area contributed by atoms with Crippen LogP contribution in [0.5, 0.6) is 0 Å². The Morgan fingerprint density at radius 3 is 2.57 bits per heavy atom. The van der Waals surface area contributed by atoms with Crippen LogP contribution in [0.25, 0.3) is 0 Å². The molecule has 1 saturated heterocycles. The van der Waals surface area contributed by atoms with Gasteiger partial charge in [-0.2, -0.15) is 0 Å². The van der Waals surface area contributed by atoms with E-state index in [2.05, 4.69) is 23.7 Å². The number of amides is 1. The molecule has 0 bridgehead atoms. The zero-order valence-corrected chi connectivity index (χ0v) is 14.2. The topological polar surface area (TPSA) is 35.6 Å². The quantitative estimate of drug-likeness (QED) is 0.663. The van der Waals surface area contributed by atoms with Crippen LogP contribution >= 0.6 is 0 Å². The van der Waals surface area contributed by atoms with Crippen LogP contribution in [-0.4, -0.2) is 61.0 Å². The molecular weight excluding hydrogens is 262 g/mol. The van der Waals surface area contributed by atoms with Gasteiger partial charge in [-0.3, -0.25) is 9.69 Å². The Balaban J connectivity index is 2.50. The molecule has 1 amide bonds. The van der Waals surface area contributed by atoms with E-state index in [0.29, 0.717) is 19.1 Å². The van der Waals surface area contributed by atoms with E-state index < -0.39 is 0 Å². The van der Waals surface area contributed by atoms with Crippen molar-refractivity contribution < 1.29 is 4.79 Å². The van der Waals surface area contributed by atoms with E-state index in [1.54, 1.807) is 0 Å². The van der Waals surface area contributed by atoms with E-state index in [1.807, 2.05) is 18.7 Å². The Morgan fingerprint density at radius 1 is 1.29 bits per heavy atom. The average Bonchev–Trinajstić information content (AvgIpc) is 2.45. The van der Waals surface area contributed by atoms with Gasteiger partial charge in [-0.15, -0.1) is 0 Å². The Morgan fingerprint density at radius 2 is 2.05 bits per heavy atom. The molecule has 0 saturated carbocycles. The number of nitrogens with zero attached hydrogens (tertiary/aromatic N) is 2. The van der Waals surface area contributed by atoms with Gasteiger partial charge in [0.2, 0.25) is 5.91 Å². The first-order valence-electron chi connectivity index (χ1n) is 8.44. The van der Waals surface area contributed by atoms with Gasteiger partial charge >= 0.3 is 0 Å². The second kappa shape index (κ2) is 9.96. The number of piperidine rings is 1. The summed E-state index contributed by atoms with van der Waals surface area (Å²) in [5.41, 5.74) is 1.04. The molecule has 1 aliphatic rings. The summed E-state index contributed by atoms with van der Waals surface area (Å²) in [7, 11) is 0. The minimum absolute atomic E-state index is 0.227. The highest BCUT2D eigenvalue weighted by Crippen LogP contribution is 2.09. The lowest BCUT2D eigenvalue weighted by atomic mass is 10.0. The molecule has 122 valence electrons. The van der Waals surface area contributed by atoms with Crippen LogP contribution in [0.15, 0.2) is 12.2 Å². The standard InChI is InChI=1S/C17H33N3O/c1-5-11-19(13-16-9-7-8-10-18-16)14-17(21)20(6-2)12-15(3)4/h16,18H,3,5-14H2,1-2,4H3. The maximum Gasteiger partial charge on any atom is 0.237 e. The zero-order valence-electron chi connectivity index (χ0n) is 14.2. The number of likely N-dealkylation sites (N-methyl/N-ethyl adjacent to an activating group) is 1. The van der Waals surface area contributed by atoms with Gasteiger partial charge in [0, 0.05) is 25.7 Å². The summed E-state index contributed by atoms with van der Waals surface area (Å²) in [5, 5.41) is 3.58. The fraction of sp³-hybridized carbons (Fsp3) is 0.824. The molecule has 1 atom stereocenters. The molecule has 1 rings (SSSR count). The third-order valence-electron chi connectivity index (χ3n) is 3.98. The van der Waals surface area contributed by atoms with Gasteiger partial charge in [-0.1, -0.05) is 25.5 Å². The fourth-order valence-corrected chi connectivity index (χ4v) is 2.94. The van der Waals surface area contributed by atoms with Crippen molar-refractivity contribution in [3.63, 3.8) is 0 Å². The van der Waals surface area contributed by atoms with Crippen molar-refractivity contribution in [3.05, 3.63) is 12.2 Å². The molecule has 4 nitrogen and oxygen atoms in total. The second-order valence-electron chi connectivity index (χ2n) is 6.25. The van der Waals surface area contributed by atoms with Crippen LogP contribution in [0.1, 0.15) is 46.5 Å². The fourth-order valence-electron chi connectivity index (χ4n) is 2.94. The highest BCUT2D eigenvalue weighted by Gasteiger charge is 2.20. The predicted octanol–water partition coefficient (Wildman–Crippen LogP) is 2.27. The van der Waals surface area contributed by atoms with Gasteiger partial charge < -0.3 is 10.2 Å². The summed E-state index contributed by atoms with van der Waals surface area (Å²) in [5.74, 6) is 0.227. The Labute approximate surface area is 130 Å². The number of hydrogen-bond donors (Lipinski definition) is 1. The molecule has 1 heterocycles. The summed E-state index contributed by atoms with van der Waals surface area (Å²) in [6, 6.07) is 0.550. The minimum Gasteiger partial charge on any atom is -0.338 e. The summed E-state index contributed by atoms with van der Waals surface area (Å²) in [4.78, 5) is 16.7. The van der Waals surface area contributed by atoms with E-state index in [0.717, 1.165) is 38.2 Å². The first-order chi connectivity index (χ1) is 10.1. The lowest BCUT2D eigenvalue weighted by Crippen LogP contribution is -2.47. The summed E-state index contributed by atoms with van der Waals surface area (Å²) < 4.78 is 0. The molecule has 1 N–H and O–H groups in total. The Kier molecular flexibility index (Phi) is 8.62.